The quantitative estimate of drug-likeness (QED) is 0.679. The molecule has 0 unspecified atom stereocenters. The Balaban J connectivity index is 1.93. The molecule has 0 aliphatic carbocycles. The molecule has 1 rings (SSSR count). The third kappa shape index (κ3) is 6.17. The Bertz CT molecular complexity index is 319. The van der Waals surface area contributed by atoms with Crippen LogP contribution < -0.4 is 5.32 Å². The van der Waals surface area contributed by atoms with Gasteiger partial charge in [0.25, 0.3) is 0 Å². The van der Waals surface area contributed by atoms with Crippen LogP contribution in [0.5, 0.6) is 0 Å². The molecule has 4 nitrogen and oxygen atoms in total. The summed E-state index contributed by atoms with van der Waals surface area (Å²) in [6.45, 7) is 7.85. The Morgan fingerprint density at radius 3 is 2.72 bits per heavy atom. The first-order valence-electron chi connectivity index (χ1n) is 6.98. The zero-order valence-corrected chi connectivity index (χ0v) is 12.3. The van der Waals surface area contributed by atoms with Gasteiger partial charge < -0.3 is 10.2 Å². The van der Waals surface area contributed by atoms with E-state index >= 15 is 0 Å². The number of nitrogens with one attached hydrogen (secondary N) is 1. The topological polar surface area (TPSA) is 33.1 Å². The average Bonchev–Trinajstić information content (AvgIpc) is 2.73. The highest BCUT2D eigenvalue weighted by Crippen LogP contribution is 1.98. The Labute approximate surface area is 111 Å². The molecule has 0 atom stereocenters. The van der Waals surface area contributed by atoms with Gasteiger partial charge in [0, 0.05) is 19.3 Å². The maximum Gasteiger partial charge on any atom is 0.0522 e. The number of hydrogen-bond donors (Lipinski definition) is 1. The summed E-state index contributed by atoms with van der Waals surface area (Å²) in [5.41, 5.74) is 1.31. The van der Waals surface area contributed by atoms with Crippen LogP contribution in [-0.4, -0.2) is 47.4 Å². The molecule has 18 heavy (non-hydrogen) atoms. The molecular weight excluding hydrogens is 224 g/mol. The lowest BCUT2D eigenvalue weighted by Gasteiger charge is -2.20. The molecule has 0 aliphatic rings. The van der Waals surface area contributed by atoms with Crippen molar-refractivity contribution in [1.82, 2.24) is 20.0 Å². The predicted molar refractivity (Wildman–Crippen MR) is 76.8 cm³/mol. The SMILES string of the molecule is CC(C)N(C)CCCCNCCc1cnn(C)c1. The summed E-state index contributed by atoms with van der Waals surface area (Å²) < 4.78 is 1.86. The summed E-state index contributed by atoms with van der Waals surface area (Å²) in [4.78, 5) is 2.40. The maximum atomic E-state index is 4.16. The summed E-state index contributed by atoms with van der Waals surface area (Å²) in [5, 5.41) is 7.65. The van der Waals surface area contributed by atoms with Crippen LogP contribution >= 0.6 is 0 Å². The lowest BCUT2D eigenvalue weighted by Crippen LogP contribution is -2.28. The van der Waals surface area contributed by atoms with Crippen LogP contribution in [-0.2, 0) is 13.5 Å². The van der Waals surface area contributed by atoms with Crippen LogP contribution in [0.15, 0.2) is 12.4 Å². The van der Waals surface area contributed by atoms with Crippen molar-refractivity contribution < 1.29 is 0 Å². The van der Waals surface area contributed by atoms with Gasteiger partial charge in [0.15, 0.2) is 0 Å². The molecule has 104 valence electrons. The van der Waals surface area contributed by atoms with Gasteiger partial charge in [0.05, 0.1) is 6.20 Å². The third-order valence-electron chi connectivity index (χ3n) is 3.34. The Kier molecular flexibility index (Phi) is 6.98. The van der Waals surface area contributed by atoms with Gasteiger partial charge in [-0.15, -0.1) is 0 Å². The van der Waals surface area contributed by atoms with Crippen molar-refractivity contribution in [1.29, 1.82) is 0 Å². The van der Waals surface area contributed by atoms with Gasteiger partial charge >= 0.3 is 0 Å². The van der Waals surface area contributed by atoms with Crippen LogP contribution in [0.4, 0.5) is 0 Å². The van der Waals surface area contributed by atoms with Crippen molar-refractivity contribution in [3.05, 3.63) is 18.0 Å². The highest BCUT2D eigenvalue weighted by molar-refractivity contribution is 5.03. The fourth-order valence-corrected chi connectivity index (χ4v) is 1.83. The first kappa shape index (κ1) is 15.2. The first-order chi connectivity index (χ1) is 8.59. The van der Waals surface area contributed by atoms with Gasteiger partial charge in [-0.05, 0) is 65.4 Å². The average molecular weight is 252 g/mol. The minimum absolute atomic E-state index is 0.656. The van der Waals surface area contributed by atoms with Gasteiger partial charge in [-0.3, -0.25) is 4.68 Å². The second-order valence-corrected chi connectivity index (χ2v) is 5.30. The molecule has 0 amide bonds. The Morgan fingerprint density at radius 1 is 1.33 bits per heavy atom. The van der Waals surface area contributed by atoms with Crippen LogP contribution in [0.25, 0.3) is 0 Å². The number of aryl methyl sites for hydroxylation is 1. The Hall–Kier alpha value is -0.870. The highest BCUT2D eigenvalue weighted by atomic mass is 15.2. The van der Waals surface area contributed by atoms with E-state index in [4.69, 9.17) is 0 Å². The fourth-order valence-electron chi connectivity index (χ4n) is 1.83. The minimum atomic E-state index is 0.656. The van der Waals surface area contributed by atoms with Crippen molar-refractivity contribution in [2.45, 2.75) is 39.2 Å². The molecule has 0 aromatic carbocycles. The predicted octanol–water partition coefficient (Wildman–Crippen LogP) is 1.67. The van der Waals surface area contributed by atoms with E-state index < -0.39 is 0 Å². The molecule has 0 spiro atoms. The smallest absolute Gasteiger partial charge is 0.0522 e. The fraction of sp³-hybridized carbons (Fsp3) is 0.786. The van der Waals surface area contributed by atoms with E-state index in [1.54, 1.807) is 0 Å². The molecule has 1 N–H and O–H groups in total. The second kappa shape index (κ2) is 8.27. The largest absolute Gasteiger partial charge is 0.316 e. The molecule has 0 bridgehead atoms. The molecule has 0 aliphatic heterocycles. The highest BCUT2D eigenvalue weighted by Gasteiger charge is 2.01. The molecule has 1 heterocycles. The minimum Gasteiger partial charge on any atom is -0.316 e. The molecule has 4 heteroatoms. The van der Waals surface area contributed by atoms with Crippen LogP contribution in [0.1, 0.15) is 32.3 Å². The monoisotopic (exact) mass is 252 g/mol. The van der Waals surface area contributed by atoms with Crippen molar-refractivity contribution in [2.75, 3.05) is 26.7 Å². The van der Waals surface area contributed by atoms with Gasteiger partial charge in [-0.2, -0.15) is 5.10 Å². The number of unbranched alkanes of at least 4 members (excludes halogenated alkanes) is 1. The van der Waals surface area contributed by atoms with Crippen LogP contribution in [0.2, 0.25) is 0 Å². The molecule has 0 saturated carbocycles. The van der Waals surface area contributed by atoms with Gasteiger partial charge in [0.2, 0.25) is 0 Å². The summed E-state index contributed by atoms with van der Waals surface area (Å²) in [6, 6.07) is 0.656. The van der Waals surface area contributed by atoms with Crippen molar-refractivity contribution in [2.24, 2.45) is 7.05 Å². The zero-order valence-electron chi connectivity index (χ0n) is 12.3. The number of aromatic nitrogens is 2. The van der Waals surface area contributed by atoms with Crippen LogP contribution in [0.3, 0.4) is 0 Å². The molecule has 1 aromatic heterocycles. The molecule has 1 aromatic rings. The molecule has 0 saturated heterocycles. The Morgan fingerprint density at radius 2 is 2.11 bits per heavy atom. The molecular formula is C14H28N4. The number of rotatable bonds is 9. The van der Waals surface area contributed by atoms with Gasteiger partial charge in [0.1, 0.15) is 0 Å². The van der Waals surface area contributed by atoms with Gasteiger partial charge in [-0.25, -0.2) is 0 Å². The third-order valence-corrected chi connectivity index (χ3v) is 3.34. The second-order valence-electron chi connectivity index (χ2n) is 5.30. The number of nitrogens with zero attached hydrogens (tertiary/aromatic N) is 3. The standard InChI is InChI=1S/C14H28N4/c1-13(2)17(3)10-6-5-8-15-9-7-14-11-16-18(4)12-14/h11-13,15H,5-10H2,1-4H3. The van der Waals surface area contributed by atoms with E-state index in [9.17, 15) is 0 Å². The van der Waals surface area contributed by atoms with Gasteiger partial charge in [-0.1, -0.05) is 0 Å². The summed E-state index contributed by atoms with van der Waals surface area (Å²) in [5.74, 6) is 0. The van der Waals surface area contributed by atoms with E-state index in [2.05, 4.69) is 42.4 Å². The van der Waals surface area contributed by atoms with E-state index in [1.807, 2.05) is 17.9 Å². The summed E-state index contributed by atoms with van der Waals surface area (Å²) in [7, 11) is 4.16. The zero-order chi connectivity index (χ0) is 13.4. The summed E-state index contributed by atoms with van der Waals surface area (Å²) >= 11 is 0. The van der Waals surface area contributed by atoms with E-state index in [0.29, 0.717) is 6.04 Å². The lowest BCUT2D eigenvalue weighted by molar-refractivity contribution is 0.268. The van der Waals surface area contributed by atoms with Crippen molar-refractivity contribution in [3.63, 3.8) is 0 Å². The molecule has 0 radical (unpaired) electrons. The molecule has 0 fully saturated rings. The van der Waals surface area contributed by atoms with E-state index in [-0.39, 0.29) is 0 Å². The maximum absolute atomic E-state index is 4.16. The lowest BCUT2D eigenvalue weighted by atomic mass is 10.2. The number of hydrogen-bond acceptors (Lipinski definition) is 3. The van der Waals surface area contributed by atoms with E-state index in [0.717, 1.165) is 19.5 Å². The van der Waals surface area contributed by atoms with E-state index in [1.165, 1.54) is 24.9 Å². The summed E-state index contributed by atoms with van der Waals surface area (Å²) in [6.07, 6.45) is 7.62. The normalized spacial score (nSPS) is 11.7. The van der Waals surface area contributed by atoms with Crippen LogP contribution in [0, 0.1) is 0 Å². The van der Waals surface area contributed by atoms with Crippen molar-refractivity contribution in [3.8, 4) is 0 Å². The first-order valence-corrected chi connectivity index (χ1v) is 6.98. The van der Waals surface area contributed by atoms with Crippen molar-refractivity contribution >= 4 is 0 Å².